The third-order valence-electron chi connectivity index (χ3n) is 3.41. The minimum Gasteiger partial charge on any atom is -0.360 e. The van der Waals surface area contributed by atoms with Gasteiger partial charge in [-0.1, -0.05) is 47.6 Å². The zero-order valence-corrected chi connectivity index (χ0v) is 12.8. The van der Waals surface area contributed by atoms with Crippen LogP contribution in [0, 0.1) is 6.92 Å². The Kier molecular flexibility index (Phi) is 3.56. The molecule has 0 aliphatic carbocycles. The predicted molar refractivity (Wildman–Crippen MR) is 82.2 cm³/mol. The van der Waals surface area contributed by atoms with Gasteiger partial charge in [0.2, 0.25) is 0 Å². The molecule has 22 heavy (non-hydrogen) atoms. The van der Waals surface area contributed by atoms with Crippen molar-refractivity contribution >= 4 is 10.0 Å². The van der Waals surface area contributed by atoms with Gasteiger partial charge in [-0.25, -0.2) is 5.14 Å². The summed E-state index contributed by atoms with van der Waals surface area (Å²) < 4.78 is 28.2. The lowest BCUT2D eigenvalue weighted by atomic mass is 10.00. The minimum atomic E-state index is -3.45. The lowest BCUT2D eigenvalue weighted by Crippen LogP contribution is -2.56. The van der Waals surface area contributed by atoms with Gasteiger partial charge in [0.1, 0.15) is 16.3 Å². The zero-order chi connectivity index (χ0) is 15.7. The van der Waals surface area contributed by atoms with Crippen molar-refractivity contribution in [1.29, 1.82) is 0 Å². The zero-order valence-electron chi connectivity index (χ0n) is 12.0. The average Bonchev–Trinajstić information content (AvgIpc) is 2.89. The second-order valence-corrected chi connectivity index (χ2v) is 6.67. The molecule has 3 N–H and O–H groups in total. The SMILES string of the molecule is Cc1onc(-c2ccccc2)c1-c1ccc(S([NH3+])(=O)=O)cc1. The van der Waals surface area contributed by atoms with Crippen molar-refractivity contribution in [2.24, 2.45) is 0 Å². The normalized spacial score (nSPS) is 11.5. The van der Waals surface area contributed by atoms with Crippen LogP contribution in [-0.4, -0.2) is 13.6 Å². The summed E-state index contributed by atoms with van der Waals surface area (Å²) in [5.41, 5.74) is 3.40. The van der Waals surface area contributed by atoms with E-state index in [4.69, 9.17) is 4.52 Å². The second kappa shape index (κ2) is 5.40. The molecule has 0 atom stereocenters. The standard InChI is InChI=1S/C16H14N2O3S/c1-11-15(12-7-9-14(10-8-12)22(17,19)20)16(18-21-11)13-5-3-2-4-6-13/h2-10H,1H3,(H2,17,19,20)/p+1. The molecule has 6 heteroatoms. The van der Waals surface area contributed by atoms with Crippen molar-refractivity contribution in [1.82, 2.24) is 5.16 Å². The number of rotatable bonds is 3. The van der Waals surface area contributed by atoms with Crippen molar-refractivity contribution in [3.63, 3.8) is 0 Å². The van der Waals surface area contributed by atoms with E-state index in [0.717, 1.165) is 22.4 Å². The Morgan fingerprint density at radius 2 is 1.59 bits per heavy atom. The summed E-state index contributed by atoms with van der Waals surface area (Å²) in [5, 5.41) is 7.29. The van der Waals surface area contributed by atoms with Crippen LogP contribution in [0.1, 0.15) is 5.76 Å². The van der Waals surface area contributed by atoms with Crippen LogP contribution in [0.3, 0.4) is 0 Å². The molecule has 3 rings (SSSR count). The fraction of sp³-hybridized carbons (Fsp3) is 0.0625. The van der Waals surface area contributed by atoms with E-state index in [2.05, 4.69) is 10.3 Å². The second-order valence-electron chi connectivity index (χ2n) is 4.97. The molecule has 0 aliphatic heterocycles. The van der Waals surface area contributed by atoms with Crippen LogP contribution in [0.4, 0.5) is 0 Å². The number of quaternary nitrogens is 1. The maximum Gasteiger partial charge on any atom is 0.322 e. The summed E-state index contributed by atoms with van der Waals surface area (Å²) >= 11 is 0. The van der Waals surface area contributed by atoms with Gasteiger partial charge in [-0.05, 0) is 24.6 Å². The molecule has 2 aromatic carbocycles. The molecule has 0 fully saturated rings. The van der Waals surface area contributed by atoms with Crippen molar-refractivity contribution in [3.8, 4) is 22.4 Å². The molecule has 0 radical (unpaired) electrons. The minimum absolute atomic E-state index is 0.187. The first kappa shape index (κ1) is 14.5. The van der Waals surface area contributed by atoms with Crippen molar-refractivity contribution < 1.29 is 18.1 Å². The Bertz CT molecular complexity index is 898. The number of sulfonamides is 1. The molecular formula is C16H15N2O3S+. The van der Waals surface area contributed by atoms with Gasteiger partial charge in [0.25, 0.3) is 0 Å². The molecule has 0 aliphatic rings. The van der Waals surface area contributed by atoms with E-state index in [1.165, 1.54) is 0 Å². The maximum absolute atomic E-state index is 11.4. The fourth-order valence-electron chi connectivity index (χ4n) is 2.33. The predicted octanol–water partition coefficient (Wildman–Crippen LogP) is 2.25. The molecule has 0 saturated carbocycles. The van der Waals surface area contributed by atoms with Gasteiger partial charge in [-0.15, -0.1) is 0 Å². The van der Waals surface area contributed by atoms with E-state index < -0.39 is 10.0 Å². The lowest BCUT2D eigenvalue weighted by molar-refractivity contribution is -0.164. The molecule has 0 bridgehead atoms. The van der Waals surface area contributed by atoms with Gasteiger partial charge >= 0.3 is 10.0 Å². The Morgan fingerprint density at radius 3 is 2.18 bits per heavy atom. The summed E-state index contributed by atoms with van der Waals surface area (Å²) in [6, 6.07) is 16.3. The highest BCUT2D eigenvalue weighted by molar-refractivity contribution is 7.84. The van der Waals surface area contributed by atoms with Crippen LogP contribution in [0.5, 0.6) is 0 Å². The van der Waals surface area contributed by atoms with Gasteiger partial charge in [0.05, 0.1) is 5.56 Å². The number of aromatic nitrogens is 1. The van der Waals surface area contributed by atoms with Crippen LogP contribution in [0.25, 0.3) is 22.4 Å². The third-order valence-corrected chi connectivity index (χ3v) is 4.40. The number of nitrogens with zero attached hydrogens (tertiary/aromatic N) is 1. The van der Waals surface area contributed by atoms with Crippen LogP contribution in [-0.2, 0) is 10.0 Å². The highest BCUT2D eigenvalue weighted by Crippen LogP contribution is 2.34. The monoisotopic (exact) mass is 315 g/mol. The Balaban J connectivity index is 2.12. The highest BCUT2D eigenvalue weighted by Gasteiger charge is 2.18. The number of benzene rings is 2. The van der Waals surface area contributed by atoms with E-state index in [9.17, 15) is 8.42 Å². The first-order valence-electron chi connectivity index (χ1n) is 6.67. The quantitative estimate of drug-likeness (QED) is 0.803. The van der Waals surface area contributed by atoms with Crippen molar-refractivity contribution in [2.75, 3.05) is 0 Å². The smallest absolute Gasteiger partial charge is 0.322 e. The Hall–Kier alpha value is -2.44. The van der Waals surface area contributed by atoms with E-state index >= 15 is 0 Å². The van der Waals surface area contributed by atoms with Gasteiger partial charge < -0.3 is 4.52 Å². The molecule has 3 aromatic rings. The molecular weight excluding hydrogens is 300 g/mol. The highest BCUT2D eigenvalue weighted by atomic mass is 32.2. The summed E-state index contributed by atoms with van der Waals surface area (Å²) in [7, 11) is -3.45. The molecule has 0 saturated heterocycles. The average molecular weight is 315 g/mol. The number of hydrogen-bond acceptors (Lipinski definition) is 4. The third kappa shape index (κ3) is 2.66. The van der Waals surface area contributed by atoms with Crippen LogP contribution in [0.15, 0.2) is 64.0 Å². The topological polar surface area (TPSA) is 87.8 Å². The van der Waals surface area contributed by atoms with E-state index in [1.54, 1.807) is 24.3 Å². The van der Waals surface area contributed by atoms with Crippen LogP contribution < -0.4 is 5.14 Å². The summed E-state index contributed by atoms with van der Waals surface area (Å²) in [5.74, 6) is 0.684. The number of hydrogen-bond donors (Lipinski definition) is 1. The molecule has 0 amide bonds. The van der Waals surface area contributed by atoms with E-state index in [1.807, 2.05) is 37.3 Å². The van der Waals surface area contributed by atoms with Crippen LogP contribution >= 0.6 is 0 Å². The molecule has 1 aromatic heterocycles. The van der Waals surface area contributed by atoms with Gasteiger partial charge in [-0.2, -0.15) is 8.42 Å². The first-order valence-corrected chi connectivity index (χ1v) is 8.32. The van der Waals surface area contributed by atoms with Gasteiger partial charge in [0.15, 0.2) is 0 Å². The van der Waals surface area contributed by atoms with Crippen molar-refractivity contribution in [2.45, 2.75) is 11.8 Å². The van der Waals surface area contributed by atoms with Gasteiger partial charge in [-0.3, -0.25) is 0 Å². The lowest BCUT2D eigenvalue weighted by Gasteiger charge is -2.04. The van der Waals surface area contributed by atoms with E-state index in [0.29, 0.717) is 5.76 Å². The Morgan fingerprint density at radius 1 is 0.955 bits per heavy atom. The van der Waals surface area contributed by atoms with Crippen molar-refractivity contribution in [3.05, 3.63) is 60.4 Å². The molecule has 0 spiro atoms. The Labute approximate surface area is 128 Å². The first-order chi connectivity index (χ1) is 10.5. The fourth-order valence-corrected chi connectivity index (χ4v) is 2.88. The largest absolute Gasteiger partial charge is 0.360 e. The summed E-state index contributed by atoms with van der Waals surface area (Å²) in [6.45, 7) is 1.83. The maximum atomic E-state index is 11.4. The molecule has 112 valence electrons. The van der Waals surface area contributed by atoms with Crippen LogP contribution in [0.2, 0.25) is 0 Å². The summed E-state index contributed by atoms with van der Waals surface area (Å²) in [6.07, 6.45) is 0. The number of aryl methyl sites for hydroxylation is 1. The molecule has 5 nitrogen and oxygen atoms in total. The van der Waals surface area contributed by atoms with E-state index in [-0.39, 0.29) is 4.90 Å². The molecule has 1 heterocycles. The summed E-state index contributed by atoms with van der Waals surface area (Å²) in [4.78, 5) is 0.187. The molecule has 0 unspecified atom stereocenters. The van der Waals surface area contributed by atoms with Gasteiger partial charge in [0, 0.05) is 5.56 Å².